The molecule has 3 aromatic heterocycles. The number of benzene rings is 1. The van der Waals surface area contributed by atoms with E-state index in [9.17, 15) is 4.79 Å². The summed E-state index contributed by atoms with van der Waals surface area (Å²) < 4.78 is 7.54. The van der Waals surface area contributed by atoms with Gasteiger partial charge in [0.2, 0.25) is 5.56 Å². The number of rotatable bonds is 4. The molecule has 0 saturated carbocycles. The fourth-order valence-electron chi connectivity index (χ4n) is 4.74. The SMILES string of the molecule is [C-]#[N+]c1cc2n(n1)CCc1c-2nc(-c2ccc(Nc3cccc(=O)[nH]3)cc2)nc1N1CCOC[C@@H]1C. The standard InChI is InChI=1S/C26H24N8O2/c1-16-15-36-13-12-33(16)26-19-10-11-34-20(14-22(27-2)32-34)24(19)30-25(31-26)17-6-8-18(9-7-17)28-21-4-3-5-23(35)29-21/h3-9,14,16H,10-13,15H2,1H3,(H2,28,29,35)/t16-/m0/s1. The van der Waals surface area contributed by atoms with Gasteiger partial charge in [-0.05, 0) is 54.8 Å². The van der Waals surface area contributed by atoms with Crippen LogP contribution < -0.4 is 15.8 Å². The van der Waals surface area contributed by atoms with Gasteiger partial charge in [-0.2, -0.15) is 4.68 Å². The van der Waals surface area contributed by atoms with Crippen LogP contribution in [0, 0.1) is 6.57 Å². The van der Waals surface area contributed by atoms with E-state index in [0.29, 0.717) is 37.2 Å². The smallest absolute Gasteiger partial charge is 0.296 e. The minimum Gasteiger partial charge on any atom is -0.377 e. The lowest BCUT2D eigenvalue weighted by Crippen LogP contribution is -2.45. The third-order valence-corrected chi connectivity index (χ3v) is 6.51. The number of aromatic amines is 1. The molecule has 1 atom stereocenters. The predicted octanol–water partition coefficient (Wildman–Crippen LogP) is 3.77. The number of H-pyrrole nitrogens is 1. The van der Waals surface area contributed by atoms with E-state index in [1.807, 2.05) is 35.0 Å². The maximum absolute atomic E-state index is 11.6. The fraction of sp³-hybridized carbons (Fsp3) is 0.269. The number of hydrogen-bond donors (Lipinski definition) is 2. The average molecular weight is 481 g/mol. The highest BCUT2D eigenvalue weighted by Crippen LogP contribution is 2.37. The van der Waals surface area contributed by atoms with Crippen molar-refractivity contribution in [1.82, 2.24) is 24.7 Å². The number of ether oxygens (including phenoxy) is 1. The molecule has 1 saturated heterocycles. The third kappa shape index (κ3) is 3.99. The molecule has 4 aromatic rings. The van der Waals surface area contributed by atoms with Crippen LogP contribution in [0.4, 0.5) is 23.1 Å². The van der Waals surface area contributed by atoms with Crippen molar-refractivity contribution < 1.29 is 4.74 Å². The van der Waals surface area contributed by atoms with Crippen LogP contribution in [0.25, 0.3) is 27.6 Å². The molecule has 0 radical (unpaired) electrons. The van der Waals surface area contributed by atoms with Crippen molar-refractivity contribution in [2.24, 2.45) is 0 Å². The van der Waals surface area contributed by atoms with Crippen LogP contribution in [-0.4, -0.2) is 50.5 Å². The largest absolute Gasteiger partial charge is 0.377 e. The highest BCUT2D eigenvalue weighted by atomic mass is 16.5. The normalized spacial score (nSPS) is 16.7. The number of morpholine rings is 1. The zero-order valence-corrected chi connectivity index (χ0v) is 19.7. The van der Waals surface area contributed by atoms with Crippen LogP contribution in [-0.2, 0) is 17.7 Å². The Bertz CT molecular complexity index is 1530. The van der Waals surface area contributed by atoms with E-state index >= 15 is 0 Å². The van der Waals surface area contributed by atoms with Crippen molar-refractivity contribution in [3.05, 3.63) is 75.9 Å². The molecule has 10 nitrogen and oxygen atoms in total. The number of aryl methyl sites for hydroxylation is 1. The van der Waals surface area contributed by atoms with Crippen molar-refractivity contribution in [3.63, 3.8) is 0 Å². The number of aromatic nitrogens is 5. The van der Waals surface area contributed by atoms with Gasteiger partial charge in [0.15, 0.2) is 5.82 Å². The van der Waals surface area contributed by atoms with E-state index in [1.54, 1.807) is 12.1 Å². The van der Waals surface area contributed by atoms with Crippen LogP contribution in [0.2, 0.25) is 0 Å². The number of fused-ring (bicyclic) bond motifs is 3. The molecule has 2 aliphatic rings. The van der Waals surface area contributed by atoms with Crippen LogP contribution in [0.1, 0.15) is 12.5 Å². The zero-order chi connectivity index (χ0) is 24.6. The van der Waals surface area contributed by atoms with Gasteiger partial charge in [0.05, 0.1) is 37.2 Å². The average Bonchev–Trinajstić information content (AvgIpc) is 3.33. The highest BCUT2D eigenvalue weighted by molar-refractivity contribution is 5.74. The number of nitrogens with one attached hydrogen (secondary N) is 2. The first kappa shape index (κ1) is 22.0. The van der Waals surface area contributed by atoms with Gasteiger partial charge in [-0.3, -0.25) is 4.79 Å². The summed E-state index contributed by atoms with van der Waals surface area (Å²) >= 11 is 0. The van der Waals surface area contributed by atoms with Crippen molar-refractivity contribution in [2.75, 3.05) is 30.0 Å². The monoisotopic (exact) mass is 480 g/mol. The highest BCUT2D eigenvalue weighted by Gasteiger charge is 2.30. The molecule has 0 spiro atoms. The van der Waals surface area contributed by atoms with Crippen molar-refractivity contribution in [3.8, 4) is 22.8 Å². The third-order valence-electron chi connectivity index (χ3n) is 6.51. The molecule has 0 bridgehead atoms. The molecule has 1 aromatic carbocycles. The van der Waals surface area contributed by atoms with Crippen LogP contribution in [0.5, 0.6) is 0 Å². The van der Waals surface area contributed by atoms with Crippen molar-refractivity contribution in [2.45, 2.75) is 25.9 Å². The molecule has 180 valence electrons. The minimum absolute atomic E-state index is 0.162. The van der Waals surface area contributed by atoms with E-state index in [1.165, 1.54) is 6.07 Å². The Hall–Kier alpha value is -4.49. The van der Waals surface area contributed by atoms with Gasteiger partial charge >= 0.3 is 0 Å². The summed E-state index contributed by atoms with van der Waals surface area (Å²) in [6, 6.07) is 14.8. The van der Waals surface area contributed by atoms with E-state index < -0.39 is 0 Å². The fourth-order valence-corrected chi connectivity index (χ4v) is 4.74. The number of pyridine rings is 1. The lowest BCUT2D eigenvalue weighted by Gasteiger charge is -2.36. The molecule has 6 rings (SSSR count). The number of nitrogens with zero attached hydrogens (tertiary/aromatic N) is 6. The van der Waals surface area contributed by atoms with Gasteiger partial charge in [-0.15, -0.1) is 0 Å². The minimum atomic E-state index is -0.162. The zero-order valence-electron chi connectivity index (χ0n) is 19.7. The topological polar surface area (TPSA) is 105 Å². The van der Waals surface area contributed by atoms with Crippen molar-refractivity contribution >= 4 is 23.1 Å². The second-order valence-electron chi connectivity index (χ2n) is 8.92. The molecular formula is C26H24N8O2. The molecule has 2 aliphatic heterocycles. The second kappa shape index (κ2) is 8.94. The summed E-state index contributed by atoms with van der Waals surface area (Å²) in [5.74, 6) is 2.52. The summed E-state index contributed by atoms with van der Waals surface area (Å²) in [7, 11) is 0. The van der Waals surface area contributed by atoms with Gasteiger partial charge in [0, 0.05) is 29.4 Å². The first-order chi connectivity index (χ1) is 17.6. The van der Waals surface area contributed by atoms with E-state index in [4.69, 9.17) is 21.3 Å². The molecule has 0 amide bonds. The number of anilines is 3. The van der Waals surface area contributed by atoms with E-state index in [0.717, 1.165) is 47.0 Å². The first-order valence-electron chi connectivity index (χ1n) is 11.9. The lowest BCUT2D eigenvalue weighted by atomic mass is 10.0. The Labute approximate surface area is 207 Å². The molecule has 2 N–H and O–H groups in total. The van der Waals surface area contributed by atoms with Gasteiger partial charge in [0.25, 0.3) is 5.82 Å². The summed E-state index contributed by atoms with van der Waals surface area (Å²) in [6.07, 6.45) is 0.749. The molecule has 10 heteroatoms. The first-order valence-corrected chi connectivity index (χ1v) is 11.9. The Morgan fingerprint density at radius 3 is 2.81 bits per heavy atom. The quantitative estimate of drug-likeness (QED) is 0.429. The Balaban J connectivity index is 1.42. The Morgan fingerprint density at radius 2 is 2.03 bits per heavy atom. The maximum atomic E-state index is 11.6. The van der Waals surface area contributed by atoms with Crippen LogP contribution in [0.3, 0.4) is 0 Å². The second-order valence-corrected chi connectivity index (χ2v) is 8.92. The maximum Gasteiger partial charge on any atom is 0.296 e. The van der Waals surface area contributed by atoms with Gasteiger partial charge < -0.3 is 24.8 Å². The molecule has 5 heterocycles. The Kier molecular flexibility index (Phi) is 5.47. The lowest BCUT2D eigenvalue weighted by molar-refractivity contribution is 0.0984. The molecule has 0 unspecified atom stereocenters. The molecular weight excluding hydrogens is 456 g/mol. The predicted molar refractivity (Wildman–Crippen MR) is 137 cm³/mol. The van der Waals surface area contributed by atoms with Gasteiger partial charge in [-0.1, -0.05) is 12.6 Å². The summed E-state index contributed by atoms with van der Waals surface area (Å²) in [5, 5.41) is 7.63. The molecule has 0 aliphatic carbocycles. The summed E-state index contributed by atoms with van der Waals surface area (Å²) in [4.78, 5) is 30.2. The number of hydrogen-bond acceptors (Lipinski definition) is 7. The van der Waals surface area contributed by atoms with Crippen LogP contribution in [0.15, 0.2) is 53.3 Å². The van der Waals surface area contributed by atoms with Gasteiger partial charge in [-0.25, -0.2) is 9.97 Å². The molecule has 36 heavy (non-hydrogen) atoms. The Morgan fingerprint density at radius 1 is 1.17 bits per heavy atom. The van der Waals surface area contributed by atoms with Gasteiger partial charge in [0.1, 0.15) is 11.6 Å². The van der Waals surface area contributed by atoms with E-state index in [-0.39, 0.29) is 11.6 Å². The van der Waals surface area contributed by atoms with E-state index in [2.05, 4.69) is 32.1 Å². The molecule has 1 fully saturated rings. The van der Waals surface area contributed by atoms with Crippen LogP contribution >= 0.6 is 0 Å². The summed E-state index contributed by atoms with van der Waals surface area (Å²) in [5.41, 5.74) is 4.30. The summed E-state index contributed by atoms with van der Waals surface area (Å²) in [6.45, 7) is 12.3. The van der Waals surface area contributed by atoms with Crippen molar-refractivity contribution in [1.29, 1.82) is 0 Å².